The van der Waals surface area contributed by atoms with Crippen molar-refractivity contribution in [3.05, 3.63) is 45.4 Å². The van der Waals surface area contributed by atoms with Gasteiger partial charge in [0.15, 0.2) is 0 Å². The molecule has 0 saturated carbocycles. The number of H-pyrrole nitrogens is 2. The molecule has 0 amide bonds. The van der Waals surface area contributed by atoms with E-state index in [-0.39, 0.29) is 5.69 Å². The molecule has 1 aromatic carbocycles. The van der Waals surface area contributed by atoms with Crippen molar-refractivity contribution in [3.8, 4) is 11.3 Å². The second-order valence-corrected chi connectivity index (χ2v) is 3.49. The molecule has 2 rings (SSSR count). The second-order valence-electron chi connectivity index (χ2n) is 2.64. The lowest BCUT2D eigenvalue weighted by Crippen LogP contribution is -1.99. The molecule has 0 aliphatic carbocycles. The van der Waals surface area contributed by atoms with Crippen LogP contribution in [0.2, 0.25) is 0 Å². The standard InChI is InChI=1S/C9H7BrN2O/c10-7-4-2-1-3-6(7)8-5-11-9(13)12-8/h1-5H,(H2,11,12,13). The summed E-state index contributed by atoms with van der Waals surface area (Å²) in [6.45, 7) is 0. The fraction of sp³-hybridized carbons (Fsp3) is 0. The van der Waals surface area contributed by atoms with E-state index < -0.39 is 0 Å². The normalized spacial score (nSPS) is 10.2. The molecule has 66 valence electrons. The monoisotopic (exact) mass is 238 g/mol. The topological polar surface area (TPSA) is 48.6 Å². The van der Waals surface area contributed by atoms with Crippen LogP contribution in [-0.4, -0.2) is 9.97 Å². The van der Waals surface area contributed by atoms with Gasteiger partial charge in [-0.3, -0.25) is 0 Å². The smallest absolute Gasteiger partial charge is 0.312 e. The summed E-state index contributed by atoms with van der Waals surface area (Å²) in [4.78, 5) is 16.1. The summed E-state index contributed by atoms with van der Waals surface area (Å²) in [6, 6.07) is 7.72. The molecule has 0 saturated heterocycles. The third-order valence-corrected chi connectivity index (χ3v) is 2.45. The first-order valence-electron chi connectivity index (χ1n) is 3.80. The highest BCUT2D eigenvalue weighted by molar-refractivity contribution is 9.10. The van der Waals surface area contributed by atoms with E-state index in [4.69, 9.17) is 0 Å². The van der Waals surface area contributed by atoms with E-state index in [0.717, 1.165) is 15.7 Å². The molecule has 0 fully saturated rings. The van der Waals surface area contributed by atoms with Crippen molar-refractivity contribution in [1.82, 2.24) is 9.97 Å². The quantitative estimate of drug-likeness (QED) is 0.786. The van der Waals surface area contributed by atoms with E-state index in [1.165, 1.54) is 0 Å². The molecule has 1 aromatic heterocycles. The summed E-state index contributed by atoms with van der Waals surface area (Å²) in [6.07, 6.45) is 1.66. The lowest BCUT2D eigenvalue weighted by molar-refractivity contribution is 1.19. The number of aromatic nitrogens is 2. The van der Waals surface area contributed by atoms with Crippen molar-refractivity contribution in [3.63, 3.8) is 0 Å². The number of imidazole rings is 1. The molecule has 2 aromatic rings. The van der Waals surface area contributed by atoms with Crippen LogP contribution in [-0.2, 0) is 0 Å². The van der Waals surface area contributed by atoms with E-state index >= 15 is 0 Å². The first-order valence-corrected chi connectivity index (χ1v) is 4.59. The van der Waals surface area contributed by atoms with Crippen LogP contribution in [0.3, 0.4) is 0 Å². The minimum atomic E-state index is -0.189. The largest absolute Gasteiger partial charge is 0.323 e. The van der Waals surface area contributed by atoms with Crippen molar-refractivity contribution in [2.45, 2.75) is 0 Å². The Morgan fingerprint density at radius 1 is 1.23 bits per heavy atom. The Morgan fingerprint density at radius 3 is 2.62 bits per heavy atom. The van der Waals surface area contributed by atoms with Crippen molar-refractivity contribution in [2.24, 2.45) is 0 Å². The first-order chi connectivity index (χ1) is 6.27. The number of rotatable bonds is 1. The minimum Gasteiger partial charge on any atom is -0.312 e. The summed E-state index contributed by atoms with van der Waals surface area (Å²) in [7, 11) is 0. The number of nitrogens with one attached hydrogen (secondary N) is 2. The van der Waals surface area contributed by atoms with Crippen molar-refractivity contribution in [1.29, 1.82) is 0 Å². The molecule has 0 bridgehead atoms. The van der Waals surface area contributed by atoms with Crippen molar-refractivity contribution < 1.29 is 0 Å². The zero-order valence-corrected chi connectivity index (χ0v) is 8.26. The van der Waals surface area contributed by atoms with Crippen LogP contribution in [0, 0.1) is 0 Å². The lowest BCUT2D eigenvalue weighted by atomic mass is 10.2. The second kappa shape index (κ2) is 3.22. The number of halogens is 1. The average molecular weight is 239 g/mol. The number of aromatic amines is 2. The Hall–Kier alpha value is -1.29. The van der Waals surface area contributed by atoms with Gasteiger partial charge in [-0.15, -0.1) is 0 Å². The molecule has 0 unspecified atom stereocenters. The SMILES string of the molecule is O=c1[nH]cc(-c2ccccc2Br)[nH]1. The van der Waals surface area contributed by atoms with Gasteiger partial charge < -0.3 is 9.97 Å². The van der Waals surface area contributed by atoms with Crippen LogP contribution in [0.4, 0.5) is 0 Å². The highest BCUT2D eigenvalue weighted by atomic mass is 79.9. The Kier molecular flexibility index (Phi) is 2.06. The number of hydrogen-bond acceptors (Lipinski definition) is 1. The molecule has 1 heterocycles. The maximum atomic E-state index is 10.8. The van der Waals surface area contributed by atoms with E-state index in [0.29, 0.717) is 0 Å². The Labute approximate surface area is 82.9 Å². The molecular formula is C9H7BrN2O. The molecule has 4 heteroatoms. The van der Waals surface area contributed by atoms with Crippen LogP contribution in [0.1, 0.15) is 0 Å². The zero-order chi connectivity index (χ0) is 9.26. The van der Waals surface area contributed by atoms with E-state index in [1.54, 1.807) is 6.20 Å². The minimum absolute atomic E-state index is 0.189. The third-order valence-electron chi connectivity index (χ3n) is 1.76. The maximum absolute atomic E-state index is 10.8. The van der Waals surface area contributed by atoms with Gasteiger partial charge in [0.2, 0.25) is 0 Å². The van der Waals surface area contributed by atoms with E-state index in [1.807, 2.05) is 24.3 Å². The zero-order valence-electron chi connectivity index (χ0n) is 6.67. The maximum Gasteiger partial charge on any atom is 0.323 e. The first kappa shape index (κ1) is 8.31. The van der Waals surface area contributed by atoms with Gasteiger partial charge in [0.05, 0.1) is 5.69 Å². The molecule has 0 spiro atoms. The highest BCUT2D eigenvalue weighted by Crippen LogP contribution is 2.24. The number of benzene rings is 1. The van der Waals surface area contributed by atoms with Gasteiger partial charge in [0, 0.05) is 16.2 Å². The van der Waals surface area contributed by atoms with Gasteiger partial charge in [-0.1, -0.05) is 34.1 Å². The van der Waals surface area contributed by atoms with E-state index in [9.17, 15) is 4.79 Å². The molecular weight excluding hydrogens is 232 g/mol. The fourth-order valence-corrected chi connectivity index (χ4v) is 1.66. The Morgan fingerprint density at radius 2 is 2.00 bits per heavy atom. The van der Waals surface area contributed by atoms with Gasteiger partial charge in [-0.25, -0.2) is 4.79 Å². The molecule has 0 aliphatic heterocycles. The van der Waals surface area contributed by atoms with Gasteiger partial charge in [-0.2, -0.15) is 0 Å². The van der Waals surface area contributed by atoms with Crippen LogP contribution in [0.15, 0.2) is 39.7 Å². The van der Waals surface area contributed by atoms with Crippen LogP contribution in [0.5, 0.6) is 0 Å². The highest BCUT2D eigenvalue weighted by Gasteiger charge is 2.02. The summed E-state index contributed by atoms with van der Waals surface area (Å²) in [5.74, 6) is 0. The molecule has 13 heavy (non-hydrogen) atoms. The lowest BCUT2D eigenvalue weighted by Gasteiger charge is -1.98. The number of hydrogen-bond donors (Lipinski definition) is 2. The van der Waals surface area contributed by atoms with Crippen molar-refractivity contribution in [2.75, 3.05) is 0 Å². The summed E-state index contributed by atoms with van der Waals surface area (Å²) < 4.78 is 0.963. The Bertz CT molecular complexity index is 472. The van der Waals surface area contributed by atoms with Gasteiger partial charge >= 0.3 is 5.69 Å². The van der Waals surface area contributed by atoms with Crippen LogP contribution < -0.4 is 5.69 Å². The summed E-state index contributed by atoms with van der Waals surface area (Å²) >= 11 is 3.41. The fourth-order valence-electron chi connectivity index (χ4n) is 1.16. The summed E-state index contributed by atoms with van der Waals surface area (Å²) in [5, 5.41) is 0. The van der Waals surface area contributed by atoms with Gasteiger partial charge in [0.1, 0.15) is 0 Å². The van der Waals surface area contributed by atoms with Gasteiger partial charge in [0.25, 0.3) is 0 Å². The average Bonchev–Trinajstić information content (AvgIpc) is 2.53. The molecule has 2 N–H and O–H groups in total. The Balaban J connectivity index is 2.58. The predicted octanol–water partition coefficient (Wildman–Crippen LogP) is 2.13. The van der Waals surface area contributed by atoms with Gasteiger partial charge in [-0.05, 0) is 6.07 Å². The van der Waals surface area contributed by atoms with Crippen molar-refractivity contribution >= 4 is 15.9 Å². The predicted molar refractivity (Wildman–Crippen MR) is 54.5 cm³/mol. The molecule has 0 aliphatic rings. The van der Waals surface area contributed by atoms with Crippen LogP contribution in [0.25, 0.3) is 11.3 Å². The molecule has 3 nitrogen and oxygen atoms in total. The molecule has 0 atom stereocenters. The summed E-state index contributed by atoms with van der Waals surface area (Å²) in [5.41, 5.74) is 1.57. The molecule has 0 radical (unpaired) electrons. The van der Waals surface area contributed by atoms with Crippen LogP contribution >= 0.6 is 15.9 Å². The third kappa shape index (κ3) is 1.58. The van der Waals surface area contributed by atoms with E-state index in [2.05, 4.69) is 25.9 Å².